The minimum absolute atomic E-state index is 0.0648. The molecular formula is C22H20FN3O2S. The number of thiocarbonyl (C=S) groups is 1. The molecule has 0 amide bonds. The molecule has 0 fully saturated rings. The topological polar surface area (TPSA) is 54.9 Å². The van der Waals surface area contributed by atoms with Crippen molar-refractivity contribution >= 4 is 29.2 Å². The predicted molar refractivity (Wildman–Crippen MR) is 117 cm³/mol. The van der Waals surface area contributed by atoms with E-state index in [9.17, 15) is 4.39 Å². The van der Waals surface area contributed by atoms with Gasteiger partial charge in [-0.25, -0.2) is 4.39 Å². The van der Waals surface area contributed by atoms with E-state index in [2.05, 4.69) is 15.8 Å². The van der Waals surface area contributed by atoms with Gasteiger partial charge in [-0.15, -0.1) is 0 Å². The number of benzene rings is 3. The first-order valence-electron chi connectivity index (χ1n) is 8.85. The summed E-state index contributed by atoms with van der Waals surface area (Å²) >= 11 is 5.23. The lowest BCUT2D eigenvalue weighted by Crippen LogP contribution is -2.23. The second-order valence-electron chi connectivity index (χ2n) is 5.95. The van der Waals surface area contributed by atoms with E-state index in [0.29, 0.717) is 27.7 Å². The van der Waals surface area contributed by atoms with E-state index in [-0.39, 0.29) is 12.4 Å². The lowest BCUT2D eigenvalue weighted by molar-refractivity contribution is 0.279. The molecule has 0 heterocycles. The molecule has 0 spiro atoms. The molecule has 0 radical (unpaired) electrons. The van der Waals surface area contributed by atoms with Crippen LogP contribution < -0.4 is 20.2 Å². The van der Waals surface area contributed by atoms with E-state index in [0.717, 1.165) is 5.69 Å². The van der Waals surface area contributed by atoms with Gasteiger partial charge in [0.05, 0.1) is 13.3 Å². The van der Waals surface area contributed by atoms with E-state index in [1.54, 1.807) is 37.6 Å². The van der Waals surface area contributed by atoms with Gasteiger partial charge >= 0.3 is 0 Å². The van der Waals surface area contributed by atoms with Gasteiger partial charge in [0.1, 0.15) is 12.4 Å². The Morgan fingerprint density at radius 1 is 1.03 bits per heavy atom. The Morgan fingerprint density at radius 2 is 1.79 bits per heavy atom. The molecule has 7 heteroatoms. The van der Waals surface area contributed by atoms with Crippen LogP contribution in [0, 0.1) is 5.82 Å². The second-order valence-corrected chi connectivity index (χ2v) is 6.36. The fourth-order valence-corrected chi connectivity index (χ4v) is 2.73. The lowest BCUT2D eigenvalue weighted by Gasteiger charge is -2.13. The molecule has 2 N–H and O–H groups in total. The van der Waals surface area contributed by atoms with Crippen molar-refractivity contribution in [1.29, 1.82) is 0 Å². The third kappa shape index (κ3) is 5.76. The van der Waals surface area contributed by atoms with Crippen LogP contribution in [-0.2, 0) is 6.61 Å². The van der Waals surface area contributed by atoms with E-state index >= 15 is 0 Å². The van der Waals surface area contributed by atoms with E-state index in [1.807, 2.05) is 42.5 Å². The van der Waals surface area contributed by atoms with Crippen molar-refractivity contribution in [2.45, 2.75) is 6.61 Å². The predicted octanol–water partition coefficient (Wildman–Crippen LogP) is 4.73. The van der Waals surface area contributed by atoms with Crippen molar-refractivity contribution in [2.24, 2.45) is 5.10 Å². The Morgan fingerprint density at radius 3 is 2.55 bits per heavy atom. The standard InChI is InChI=1S/C22H20FN3O2S/c1-27-20-13-7-9-16(21(20)28-15-17-8-5-6-12-19(17)23)14-24-26-22(29)25-18-10-3-2-4-11-18/h2-14H,15H2,1H3,(H2,25,26,29)/b24-14+. The van der Waals surface area contributed by atoms with Crippen LogP contribution >= 0.6 is 12.2 Å². The highest BCUT2D eigenvalue weighted by molar-refractivity contribution is 7.80. The van der Waals surface area contributed by atoms with Gasteiger partial charge in [-0.2, -0.15) is 5.10 Å². The van der Waals surface area contributed by atoms with Crippen molar-refractivity contribution < 1.29 is 13.9 Å². The number of rotatable bonds is 7. The number of nitrogens with one attached hydrogen (secondary N) is 2. The fourth-order valence-electron chi connectivity index (χ4n) is 2.56. The third-order valence-electron chi connectivity index (χ3n) is 3.96. The van der Waals surface area contributed by atoms with Crippen molar-refractivity contribution in [3.63, 3.8) is 0 Å². The molecule has 0 aliphatic rings. The Bertz CT molecular complexity index is 996. The van der Waals surface area contributed by atoms with Crippen molar-refractivity contribution in [2.75, 3.05) is 12.4 Å². The van der Waals surface area contributed by atoms with Crippen LogP contribution in [0.3, 0.4) is 0 Å². The highest BCUT2D eigenvalue weighted by atomic mass is 32.1. The third-order valence-corrected chi connectivity index (χ3v) is 4.15. The smallest absolute Gasteiger partial charge is 0.191 e. The molecule has 0 saturated heterocycles. The van der Waals surface area contributed by atoms with Crippen LogP contribution in [0.2, 0.25) is 0 Å². The Labute approximate surface area is 174 Å². The minimum Gasteiger partial charge on any atom is -0.493 e. The molecule has 0 aliphatic heterocycles. The number of para-hydroxylation sites is 2. The Kier molecular flexibility index (Phi) is 7.13. The van der Waals surface area contributed by atoms with Crippen LogP contribution in [0.5, 0.6) is 11.5 Å². The Hall–Kier alpha value is -3.45. The molecule has 3 aromatic carbocycles. The number of nitrogens with zero attached hydrogens (tertiary/aromatic N) is 1. The number of ether oxygens (including phenoxy) is 2. The molecule has 0 unspecified atom stereocenters. The fraction of sp³-hybridized carbons (Fsp3) is 0.0909. The van der Waals surface area contributed by atoms with Gasteiger partial charge in [0, 0.05) is 16.8 Å². The van der Waals surface area contributed by atoms with Gasteiger partial charge in [-0.05, 0) is 42.5 Å². The molecule has 0 atom stereocenters. The zero-order valence-electron chi connectivity index (χ0n) is 15.8. The van der Waals surface area contributed by atoms with E-state index < -0.39 is 0 Å². The summed E-state index contributed by atoms with van der Waals surface area (Å²) < 4.78 is 25.1. The number of halogens is 1. The lowest BCUT2D eigenvalue weighted by atomic mass is 10.2. The number of anilines is 1. The van der Waals surface area contributed by atoms with Gasteiger partial charge < -0.3 is 14.8 Å². The second kappa shape index (κ2) is 10.2. The van der Waals surface area contributed by atoms with Crippen LogP contribution in [-0.4, -0.2) is 18.4 Å². The van der Waals surface area contributed by atoms with Crippen LogP contribution in [0.4, 0.5) is 10.1 Å². The van der Waals surface area contributed by atoms with Crippen molar-refractivity contribution in [1.82, 2.24) is 5.43 Å². The molecule has 0 bridgehead atoms. The van der Waals surface area contributed by atoms with Gasteiger partial charge in [0.15, 0.2) is 16.6 Å². The molecule has 29 heavy (non-hydrogen) atoms. The number of hydrazone groups is 1. The first-order valence-corrected chi connectivity index (χ1v) is 9.26. The number of hydrogen-bond acceptors (Lipinski definition) is 4. The quantitative estimate of drug-likeness (QED) is 0.336. The average molecular weight is 409 g/mol. The molecule has 0 saturated carbocycles. The van der Waals surface area contributed by atoms with Crippen molar-refractivity contribution in [3.05, 3.63) is 89.7 Å². The maximum atomic E-state index is 13.9. The summed E-state index contributed by atoms with van der Waals surface area (Å²) in [6, 6.07) is 21.4. The summed E-state index contributed by atoms with van der Waals surface area (Å²) in [5.41, 5.74) is 4.73. The molecular weight excluding hydrogens is 389 g/mol. The zero-order chi connectivity index (χ0) is 20.5. The number of methoxy groups -OCH3 is 1. The maximum Gasteiger partial charge on any atom is 0.191 e. The maximum absolute atomic E-state index is 13.9. The largest absolute Gasteiger partial charge is 0.493 e. The monoisotopic (exact) mass is 409 g/mol. The molecule has 0 aliphatic carbocycles. The molecule has 3 rings (SSSR count). The molecule has 0 aromatic heterocycles. The van der Waals surface area contributed by atoms with Crippen LogP contribution in [0.15, 0.2) is 77.9 Å². The van der Waals surface area contributed by atoms with Crippen LogP contribution in [0.1, 0.15) is 11.1 Å². The van der Waals surface area contributed by atoms with Gasteiger partial charge in [0.25, 0.3) is 0 Å². The molecule has 148 valence electrons. The normalized spacial score (nSPS) is 10.6. The SMILES string of the molecule is COc1cccc(/C=N/NC(=S)Nc2ccccc2)c1OCc1ccccc1F. The number of hydrogen-bond donors (Lipinski definition) is 2. The van der Waals surface area contributed by atoms with Crippen molar-refractivity contribution in [3.8, 4) is 11.5 Å². The summed E-state index contributed by atoms with van der Waals surface area (Å²) in [5, 5.41) is 7.54. The summed E-state index contributed by atoms with van der Waals surface area (Å²) in [7, 11) is 1.55. The van der Waals surface area contributed by atoms with Crippen LogP contribution in [0.25, 0.3) is 0 Å². The summed E-state index contributed by atoms with van der Waals surface area (Å²) in [6.07, 6.45) is 1.57. The minimum atomic E-state index is -0.323. The highest BCUT2D eigenvalue weighted by Gasteiger charge is 2.11. The summed E-state index contributed by atoms with van der Waals surface area (Å²) in [4.78, 5) is 0. The van der Waals surface area contributed by atoms with E-state index in [1.165, 1.54) is 6.07 Å². The van der Waals surface area contributed by atoms with Gasteiger partial charge in [-0.1, -0.05) is 42.5 Å². The van der Waals surface area contributed by atoms with Gasteiger partial charge in [-0.3, -0.25) is 5.43 Å². The van der Waals surface area contributed by atoms with E-state index in [4.69, 9.17) is 21.7 Å². The Balaban J connectivity index is 1.69. The highest BCUT2D eigenvalue weighted by Crippen LogP contribution is 2.31. The summed E-state index contributed by atoms with van der Waals surface area (Å²) in [5.74, 6) is 0.664. The summed E-state index contributed by atoms with van der Waals surface area (Å²) in [6.45, 7) is 0.0648. The zero-order valence-corrected chi connectivity index (χ0v) is 16.6. The average Bonchev–Trinajstić information content (AvgIpc) is 2.74. The molecule has 3 aromatic rings. The molecule has 5 nitrogen and oxygen atoms in total. The first kappa shape index (κ1) is 20.3. The first-order chi connectivity index (χ1) is 14.2. The van der Waals surface area contributed by atoms with Gasteiger partial charge in [0.2, 0.25) is 0 Å².